The molecule has 0 unspecified atom stereocenters. The van der Waals surface area contributed by atoms with E-state index in [0.29, 0.717) is 0 Å². The first kappa shape index (κ1) is 15.9. The third kappa shape index (κ3) is 3.90. The maximum atomic E-state index is 11.9. The smallest absolute Gasteiger partial charge is 0.273 e. The van der Waals surface area contributed by atoms with Gasteiger partial charge < -0.3 is 5.32 Å². The molecule has 108 valence electrons. The molecule has 1 aromatic heterocycles. The zero-order chi connectivity index (χ0) is 14.6. The van der Waals surface area contributed by atoms with Crippen molar-refractivity contribution in [3.8, 4) is 0 Å². The first-order valence-electron chi connectivity index (χ1n) is 5.66. The van der Waals surface area contributed by atoms with E-state index in [-0.39, 0.29) is 35.2 Å². The fourth-order valence-electron chi connectivity index (χ4n) is 1.49. The lowest BCUT2D eigenvalue weighted by atomic mass is 10.1. The zero-order valence-corrected chi connectivity index (χ0v) is 12.1. The number of hydrogen-bond donors (Lipinski definition) is 2. The number of nitrogens with zero attached hydrogens (tertiary/aromatic N) is 1. The van der Waals surface area contributed by atoms with Gasteiger partial charge in [-0.05, 0) is 12.3 Å². The molecule has 2 N–H and O–H groups in total. The van der Waals surface area contributed by atoms with Crippen molar-refractivity contribution in [3.63, 3.8) is 0 Å². The summed E-state index contributed by atoms with van der Waals surface area (Å²) in [4.78, 5) is 11.5. The van der Waals surface area contributed by atoms with Gasteiger partial charge in [-0.15, -0.1) is 0 Å². The summed E-state index contributed by atoms with van der Waals surface area (Å²) in [6.45, 7) is 3.01. The normalized spacial score (nSPS) is 11.8. The highest BCUT2D eigenvalue weighted by molar-refractivity contribution is 8.13. The molecule has 0 atom stereocenters. The minimum Gasteiger partial charge on any atom is -0.351 e. The van der Waals surface area contributed by atoms with E-state index in [1.54, 1.807) is 13.8 Å². The van der Waals surface area contributed by atoms with Gasteiger partial charge in [-0.25, -0.2) is 8.42 Å². The molecule has 0 fully saturated rings. The number of amides is 1. The van der Waals surface area contributed by atoms with Crippen molar-refractivity contribution in [2.24, 2.45) is 0 Å². The Morgan fingerprint density at radius 2 is 2.16 bits per heavy atom. The second-order valence-corrected chi connectivity index (χ2v) is 6.71. The summed E-state index contributed by atoms with van der Waals surface area (Å²) in [6, 6.07) is 0. The van der Waals surface area contributed by atoms with Gasteiger partial charge >= 0.3 is 0 Å². The third-order valence-corrected chi connectivity index (χ3v) is 3.74. The van der Waals surface area contributed by atoms with E-state index < -0.39 is 21.6 Å². The van der Waals surface area contributed by atoms with Crippen LogP contribution in [-0.2, 0) is 9.05 Å². The van der Waals surface area contributed by atoms with Crippen molar-refractivity contribution in [1.82, 2.24) is 15.5 Å². The molecular formula is C10H15ClFN3O3S. The van der Waals surface area contributed by atoms with Crippen LogP contribution in [0.3, 0.4) is 0 Å². The van der Waals surface area contributed by atoms with Gasteiger partial charge in [-0.1, -0.05) is 13.8 Å². The van der Waals surface area contributed by atoms with Gasteiger partial charge in [0, 0.05) is 17.2 Å². The van der Waals surface area contributed by atoms with Crippen LogP contribution in [-0.4, -0.2) is 37.7 Å². The molecule has 0 aliphatic rings. The highest BCUT2D eigenvalue weighted by Crippen LogP contribution is 2.27. The second-order valence-electron chi connectivity index (χ2n) is 4.21. The van der Waals surface area contributed by atoms with Gasteiger partial charge in [0.1, 0.15) is 4.90 Å². The summed E-state index contributed by atoms with van der Waals surface area (Å²) < 4.78 is 35.0. The molecule has 1 aromatic rings. The van der Waals surface area contributed by atoms with Crippen molar-refractivity contribution in [2.75, 3.05) is 13.2 Å². The quantitative estimate of drug-likeness (QED) is 0.616. The Morgan fingerprint density at radius 3 is 2.63 bits per heavy atom. The second kappa shape index (κ2) is 6.33. The van der Waals surface area contributed by atoms with Crippen LogP contribution in [0.2, 0.25) is 0 Å². The minimum atomic E-state index is -4.10. The fourth-order valence-corrected chi connectivity index (χ4v) is 2.87. The van der Waals surface area contributed by atoms with Gasteiger partial charge in [0.15, 0.2) is 5.69 Å². The van der Waals surface area contributed by atoms with E-state index in [2.05, 4.69) is 15.5 Å². The summed E-state index contributed by atoms with van der Waals surface area (Å²) in [6.07, 6.45) is 0.149. The fraction of sp³-hybridized carbons (Fsp3) is 0.600. The van der Waals surface area contributed by atoms with Gasteiger partial charge in [-0.2, -0.15) is 5.10 Å². The first-order valence-corrected chi connectivity index (χ1v) is 7.97. The maximum absolute atomic E-state index is 11.9. The molecule has 0 saturated heterocycles. The monoisotopic (exact) mass is 311 g/mol. The first-order chi connectivity index (χ1) is 8.79. The van der Waals surface area contributed by atoms with Crippen LogP contribution >= 0.6 is 10.7 Å². The highest BCUT2D eigenvalue weighted by Gasteiger charge is 2.29. The summed E-state index contributed by atoms with van der Waals surface area (Å²) in [5.74, 6) is -0.890. The van der Waals surface area contributed by atoms with E-state index in [1.807, 2.05) is 0 Å². The molecule has 0 spiro atoms. The molecule has 1 rings (SSSR count). The average molecular weight is 312 g/mol. The van der Waals surface area contributed by atoms with Crippen LogP contribution in [0.5, 0.6) is 0 Å². The Labute approximate surface area is 115 Å². The van der Waals surface area contributed by atoms with Crippen molar-refractivity contribution < 1.29 is 17.6 Å². The summed E-state index contributed by atoms with van der Waals surface area (Å²) in [5, 5.41) is 8.57. The Kier molecular flexibility index (Phi) is 5.30. The molecule has 6 nitrogen and oxygen atoms in total. The highest BCUT2D eigenvalue weighted by atomic mass is 35.7. The van der Waals surface area contributed by atoms with E-state index in [9.17, 15) is 17.6 Å². The summed E-state index contributed by atoms with van der Waals surface area (Å²) in [5.41, 5.74) is -0.0248. The Balaban J connectivity index is 3.12. The standard InChI is InChI=1S/C10H15ClFN3O3S/c1-6(2)7-9(19(11,17)18)8(15-14-7)10(16)13-5-3-4-12/h6H,3-5H2,1-2H3,(H,13,16)(H,14,15). The molecule has 0 radical (unpaired) electrons. The number of carbonyl (C=O) groups excluding carboxylic acids is 1. The molecule has 0 saturated carbocycles. The van der Waals surface area contributed by atoms with Crippen LogP contribution in [0.15, 0.2) is 4.90 Å². The number of nitrogens with one attached hydrogen (secondary N) is 2. The van der Waals surface area contributed by atoms with E-state index in [1.165, 1.54) is 0 Å². The number of halogens is 2. The van der Waals surface area contributed by atoms with Crippen molar-refractivity contribution in [3.05, 3.63) is 11.4 Å². The molecule has 9 heteroatoms. The number of H-pyrrole nitrogens is 1. The number of carbonyl (C=O) groups is 1. The van der Waals surface area contributed by atoms with Crippen LogP contribution in [0.25, 0.3) is 0 Å². The van der Waals surface area contributed by atoms with Crippen LogP contribution in [0, 0.1) is 0 Å². The topological polar surface area (TPSA) is 91.9 Å². The van der Waals surface area contributed by atoms with E-state index >= 15 is 0 Å². The summed E-state index contributed by atoms with van der Waals surface area (Å²) >= 11 is 0. The molecule has 1 heterocycles. The molecular weight excluding hydrogens is 297 g/mol. The largest absolute Gasteiger partial charge is 0.351 e. The van der Waals surface area contributed by atoms with Crippen molar-refractivity contribution in [2.45, 2.75) is 31.1 Å². The lowest BCUT2D eigenvalue weighted by Gasteiger charge is -2.05. The lowest BCUT2D eigenvalue weighted by Crippen LogP contribution is -2.26. The van der Waals surface area contributed by atoms with Gasteiger partial charge in [0.2, 0.25) is 0 Å². The predicted molar refractivity (Wildman–Crippen MR) is 68.6 cm³/mol. The van der Waals surface area contributed by atoms with Crippen LogP contribution in [0.4, 0.5) is 4.39 Å². The van der Waals surface area contributed by atoms with Gasteiger partial charge in [0.25, 0.3) is 15.0 Å². The predicted octanol–water partition coefficient (Wildman–Crippen LogP) is 1.55. The SMILES string of the molecule is CC(C)c1[nH]nc(C(=O)NCCCF)c1S(=O)(=O)Cl. The molecule has 0 aromatic carbocycles. The zero-order valence-electron chi connectivity index (χ0n) is 10.5. The maximum Gasteiger partial charge on any atom is 0.273 e. The Morgan fingerprint density at radius 1 is 1.53 bits per heavy atom. The average Bonchev–Trinajstić information content (AvgIpc) is 2.73. The molecule has 1 amide bonds. The number of aromatic nitrogens is 2. The minimum absolute atomic E-state index is 0.0982. The number of hydrogen-bond acceptors (Lipinski definition) is 4. The third-order valence-electron chi connectivity index (χ3n) is 2.38. The van der Waals surface area contributed by atoms with E-state index in [4.69, 9.17) is 10.7 Å². The molecule has 0 aliphatic heterocycles. The van der Waals surface area contributed by atoms with Gasteiger partial charge in [0.05, 0.1) is 12.4 Å². The number of rotatable bonds is 6. The molecule has 0 aliphatic carbocycles. The number of alkyl halides is 1. The van der Waals surface area contributed by atoms with E-state index in [0.717, 1.165) is 0 Å². The Hall–Kier alpha value is -1.15. The Bertz CT molecular complexity index is 556. The van der Waals surface area contributed by atoms with Gasteiger partial charge in [-0.3, -0.25) is 14.3 Å². The number of aromatic amines is 1. The molecule has 0 bridgehead atoms. The van der Waals surface area contributed by atoms with Crippen LogP contribution in [0.1, 0.15) is 42.4 Å². The van der Waals surface area contributed by atoms with Crippen LogP contribution < -0.4 is 5.32 Å². The van der Waals surface area contributed by atoms with Crippen molar-refractivity contribution >= 4 is 25.6 Å². The lowest BCUT2D eigenvalue weighted by molar-refractivity contribution is 0.0944. The molecule has 19 heavy (non-hydrogen) atoms. The summed E-state index contributed by atoms with van der Waals surface area (Å²) in [7, 11) is 1.23. The van der Waals surface area contributed by atoms with Crippen molar-refractivity contribution in [1.29, 1.82) is 0 Å².